The number of nitrogens with two attached hydrogens (primary N) is 1. The number of likely N-dealkylation sites (tertiary alicyclic amines) is 12. The fourth-order valence-corrected chi connectivity index (χ4v) is 19.9. The molecule has 0 aliphatic carbocycles. The van der Waals surface area contributed by atoms with Crippen molar-refractivity contribution in [2.45, 2.75) is 427 Å². The third kappa shape index (κ3) is 43.0. The highest BCUT2D eigenvalue weighted by Gasteiger charge is 2.39. The lowest BCUT2D eigenvalue weighted by Gasteiger charge is -2.43. The van der Waals surface area contributed by atoms with Crippen molar-refractivity contribution in [2.75, 3.05) is 199 Å². The maximum absolute atomic E-state index is 5.55. The molecular weight excluding hydrogens is 1390 g/mol. The smallest absolute Gasteiger partial charge is 0.0913 e. The van der Waals surface area contributed by atoms with Crippen LogP contribution in [-0.2, 0) is 0 Å². The Kier molecular flexibility index (Phi) is 60.9. The van der Waals surface area contributed by atoms with Crippen LogP contribution in [0.25, 0.3) is 0 Å². The van der Waals surface area contributed by atoms with Crippen LogP contribution >= 0.6 is 0 Å². The average Bonchev–Trinajstić information content (AvgIpc) is 1.71. The summed E-state index contributed by atoms with van der Waals surface area (Å²) in [6.45, 7) is 72.8. The normalized spacial score (nSPS) is 24.2. The van der Waals surface area contributed by atoms with Crippen molar-refractivity contribution < 1.29 is 8.97 Å². The number of rotatable bonds is 15. The van der Waals surface area contributed by atoms with Crippen molar-refractivity contribution in [3.05, 3.63) is 0 Å². The van der Waals surface area contributed by atoms with Gasteiger partial charge >= 0.3 is 0 Å². The number of piperidine rings is 10. The molecule has 113 heavy (non-hydrogen) atoms. The van der Waals surface area contributed by atoms with E-state index >= 15 is 0 Å². The van der Waals surface area contributed by atoms with Crippen LogP contribution in [0.4, 0.5) is 0 Å². The van der Waals surface area contributed by atoms with E-state index in [1.165, 1.54) is 316 Å². The van der Waals surface area contributed by atoms with Crippen molar-refractivity contribution in [1.82, 2.24) is 58.8 Å². The predicted molar refractivity (Wildman–Crippen MR) is 509 cm³/mol. The van der Waals surface area contributed by atoms with Gasteiger partial charge in [-0.25, -0.2) is 0 Å². The molecule has 16 nitrogen and oxygen atoms in total. The second-order valence-electron chi connectivity index (χ2n) is 39.8. The molecule has 0 saturated carbocycles. The maximum atomic E-state index is 5.55. The van der Waals surface area contributed by atoms with Gasteiger partial charge in [-0.1, -0.05) is 64.3 Å². The summed E-state index contributed by atoms with van der Waals surface area (Å²) in [5.74, 6) is 1.69. The molecular formula is C97H214N16+2. The van der Waals surface area contributed by atoms with E-state index in [-0.39, 0.29) is 44.6 Å². The zero-order valence-corrected chi connectivity index (χ0v) is 76.4. The summed E-state index contributed by atoms with van der Waals surface area (Å²) in [6.07, 6.45) is 36.2. The summed E-state index contributed by atoms with van der Waals surface area (Å²) in [7, 11) is 13.8. The predicted octanol–water partition coefficient (Wildman–Crippen LogP) is 18.9. The molecule has 0 bridgehead atoms. The molecule has 2 N–H and O–H groups in total. The molecule has 12 heterocycles. The lowest BCUT2D eigenvalue weighted by molar-refractivity contribution is -0.923. The van der Waals surface area contributed by atoms with Crippen LogP contribution in [-0.4, -0.2) is 364 Å². The first-order chi connectivity index (χ1) is 50.7. The SMILES string of the molecule is C.C.C.C.C.C.CC(C)N1CCC(N(C)C)CC1.CC(C)N1CCC(N2CCCC2)CC1.CC(C)N1CCC(N2CCCCC2)CC1.CC(C)N1CCC(N2CCCCC2)CC1.CC(C)N1CCC([N+](C)(C)C)CC1.CC(C)N1CCC([N+]2(C)CCCC2)CC1.CC(N)=NC1CCN(C(C)C)CC1.CC1CCN(C(C)C)CC1. The van der Waals surface area contributed by atoms with Crippen molar-refractivity contribution in [3.8, 4) is 0 Å². The minimum atomic E-state index is 0. The van der Waals surface area contributed by atoms with Gasteiger partial charge in [-0.15, -0.1) is 0 Å². The first-order valence-corrected chi connectivity index (χ1v) is 46.5. The molecule has 0 amide bonds. The van der Waals surface area contributed by atoms with Crippen LogP contribution in [0.3, 0.4) is 0 Å². The summed E-state index contributed by atoms with van der Waals surface area (Å²) in [5, 5.41) is 0. The average molecular weight is 1600 g/mol. The number of quaternary nitrogens is 2. The third-order valence-electron chi connectivity index (χ3n) is 28.3. The second-order valence-corrected chi connectivity index (χ2v) is 39.8. The van der Waals surface area contributed by atoms with Crippen LogP contribution < -0.4 is 5.73 Å². The summed E-state index contributed by atoms with van der Waals surface area (Å²) in [4.78, 5) is 35.7. The summed E-state index contributed by atoms with van der Waals surface area (Å²) < 4.78 is 2.51. The largest absolute Gasteiger partial charge is 0.388 e. The number of hydrogen-bond acceptors (Lipinski definition) is 13. The molecule has 16 heteroatoms. The first kappa shape index (κ1) is 114. The Hall–Kier alpha value is -1.09. The summed E-state index contributed by atoms with van der Waals surface area (Å²) in [6, 6.07) is 11.7. The zero-order chi connectivity index (χ0) is 78.8. The topological polar surface area (TPSA) is 77.3 Å². The van der Waals surface area contributed by atoms with E-state index in [4.69, 9.17) is 5.73 Å². The molecule has 12 fully saturated rings. The summed E-state index contributed by atoms with van der Waals surface area (Å²) >= 11 is 0. The zero-order valence-electron chi connectivity index (χ0n) is 76.4. The van der Waals surface area contributed by atoms with Crippen molar-refractivity contribution >= 4 is 5.84 Å². The van der Waals surface area contributed by atoms with Gasteiger partial charge in [-0.05, 0) is 358 Å². The molecule has 12 rings (SSSR count). The number of hydrogen-bond donors (Lipinski definition) is 1. The van der Waals surface area contributed by atoms with E-state index < -0.39 is 0 Å². The Balaban J connectivity index is 0. The van der Waals surface area contributed by atoms with Gasteiger partial charge in [0.15, 0.2) is 0 Å². The van der Waals surface area contributed by atoms with Crippen LogP contribution in [0.15, 0.2) is 4.99 Å². The Labute approximate surface area is 712 Å². The van der Waals surface area contributed by atoms with Crippen molar-refractivity contribution in [1.29, 1.82) is 0 Å². The van der Waals surface area contributed by atoms with Crippen molar-refractivity contribution in [2.24, 2.45) is 16.6 Å². The number of amidine groups is 1. The van der Waals surface area contributed by atoms with E-state index in [9.17, 15) is 0 Å². The lowest BCUT2D eigenvalue weighted by atomic mass is 9.98. The minimum absolute atomic E-state index is 0. The van der Waals surface area contributed by atoms with E-state index in [0.717, 1.165) is 108 Å². The van der Waals surface area contributed by atoms with Gasteiger partial charge in [0.25, 0.3) is 0 Å². The van der Waals surface area contributed by atoms with Gasteiger partial charge in [-0.2, -0.15) is 0 Å². The fourth-order valence-electron chi connectivity index (χ4n) is 19.9. The van der Waals surface area contributed by atoms with Gasteiger partial charge in [-0.3, -0.25) is 4.99 Å². The Morgan fingerprint density at radius 2 is 0.558 bits per heavy atom. The maximum Gasteiger partial charge on any atom is 0.0913 e. The van der Waals surface area contributed by atoms with E-state index in [0.29, 0.717) is 12.1 Å². The monoisotopic (exact) mass is 1600 g/mol. The highest BCUT2D eigenvalue weighted by molar-refractivity contribution is 5.77. The highest BCUT2D eigenvalue weighted by Crippen LogP contribution is 2.30. The third-order valence-corrected chi connectivity index (χ3v) is 28.3. The standard InChI is InChI=1S/C13H27N2.2C13H26N2.C12H24N2.C11H25N2.C10H21N3.C10H22N2.C9H19N.6CH4/c1-12(2)14-8-6-13(7-9-14)15(3)10-4-5-11-15;2*1-12(2)14-10-6-13(7-11-14)15-8-4-3-5-9-15;1-11(2)13-9-5-12(6-10-13)14-7-3-4-8-14;1-10(2)12-8-6-11(7-9-12)13(3,4)5;1-8(2)13-6-4-10(5-7-13)12-9(3)11;1-9(2)12-7-5-10(6-8-12)11(3)4;1-8(2)10-6-4-9(3)5-7-10;;;;;;/h12-13H,4-11H2,1-3H3;2*12-13H,3-11H2,1-2H3;11-12H,3-10H2,1-2H3;10-11H,6-9H2,1-5H3;8,10H,4-7H2,1-3H3,(H2,11,12);9-10H,5-8H2,1-4H3;8-9H,4-7H2,1-3H3;6*1H4/q+1;;;;+1;;;;;;;;;. The van der Waals surface area contributed by atoms with Crippen LogP contribution in [0.1, 0.15) is 336 Å². The molecule has 0 unspecified atom stereocenters. The lowest BCUT2D eigenvalue weighted by Crippen LogP contribution is -2.55. The molecule has 0 aromatic carbocycles. The Bertz CT molecular complexity index is 2120. The summed E-state index contributed by atoms with van der Waals surface area (Å²) in [5.41, 5.74) is 5.55. The first-order valence-electron chi connectivity index (χ1n) is 46.5. The van der Waals surface area contributed by atoms with Gasteiger partial charge in [0, 0.05) is 150 Å². The van der Waals surface area contributed by atoms with Crippen LogP contribution in [0.2, 0.25) is 0 Å². The molecule has 0 atom stereocenters. The van der Waals surface area contributed by atoms with Gasteiger partial charge in [0.05, 0.1) is 65.2 Å². The molecule has 0 aromatic heterocycles. The van der Waals surface area contributed by atoms with Gasteiger partial charge in [0.2, 0.25) is 0 Å². The van der Waals surface area contributed by atoms with Crippen LogP contribution in [0.5, 0.6) is 0 Å². The molecule has 0 radical (unpaired) electrons. The minimum Gasteiger partial charge on any atom is -0.388 e. The van der Waals surface area contributed by atoms with Crippen LogP contribution in [0, 0.1) is 5.92 Å². The fraction of sp³-hybridized carbons (Fsp3) is 0.990. The van der Waals surface area contributed by atoms with E-state index in [1.54, 1.807) is 0 Å². The molecule has 12 saturated heterocycles. The molecule has 0 aromatic rings. The number of nitrogens with zero attached hydrogens (tertiary/aromatic N) is 15. The molecule has 0 spiro atoms. The van der Waals surface area contributed by atoms with Crippen molar-refractivity contribution in [3.63, 3.8) is 0 Å². The van der Waals surface area contributed by atoms with E-state index in [1.807, 2.05) is 6.92 Å². The molecule has 12 aliphatic heterocycles. The Morgan fingerprint density at radius 3 is 0.805 bits per heavy atom. The van der Waals surface area contributed by atoms with Gasteiger partial charge in [0.1, 0.15) is 0 Å². The number of aliphatic imine (C=N–C) groups is 1. The van der Waals surface area contributed by atoms with Gasteiger partial charge < -0.3 is 73.5 Å². The second kappa shape index (κ2) is 60.4. The molecule has 12 aliphatic rings. The highest BCUT2D eigenvalue weighted by atomic mass is 15.4. The molecule has 680 valence electrons. The quantitative estimate of drug-likeness (QED) is 0.0962. The Morgan fingerprint density at radius 1 is 0.327 bits per heavy atom. The van der Waals surface area contributed by atoms with E-state index in [2.05, 4.69) is 224 Å².